The summed E-state index contributed by atoms with van der Waals surface area (Å²) in [4.78, 5) is 39.5. The number of nitrogens with zero attached hydrogens (tertiary/aromatic N) is 2. The van der Waals surface area contributed by atoms with Crippen molar-refractivity contribution in [2.75, 3.05) is 13.2 Å². The Hall–Kier alpha value is -3.27. The van der Waals surface area contributed by atoms with Gasteiger partial charge in [-0.15, -0.1) is 0 Å². The molecule has 2 N–H and O–H groups in total. The van der Waals surface area contributed by atoms with Crippen LogP contribution < -0.4 is 10.7 Å². The minimum Gasteiger partial charge on any atom is -0.503 e. The Labute approximate surface area is 176 Å². The number of ether oxygens (including phenoxy) is 1. The molecule has 164 valence electrons. The zero-order chi connectivity index (χ0) is 22.4. The van der Waals surface area contributed by atoms with E-state index in [0.717, 1.165) is 12.1 Å². The second-order valence-corrected chi connectivity index (χ2v) is 7.57. The number of likely N-dealkylation sites (N-methyl/N-ethyl adjacent to an activating group) is 1. The lowest BCUT2D eigenvalue weighted by Gasteiger charge is -2.38. The largest absolute Gasteiger partial charge is 0.503 e. The number of aryl methyl sites for hydroxylation is 1. The number of rotatable bonds is 4. The van der Waals surface area contributed by atoms with Crippen LogP contribution in [-0.4, -0.2) is 45.8 Å². The van der Waals surface area contributed by atoms with E-state index in [2.05, 4.69) is 5.32 Å². The number of hydrogen-bond donors (Lipinski definition) is 2. The van der Waals surface area contributed by atoms with Gasteiger partial charge in [0.2, 0.25) is 5.43 Å². The summed E-state index contributed by atoms with van der Waals surface area (Å²) in [6.45, 7) is 3.50. The molecule has 2 amide bonds. The van der Waals surface area contributed by atoms with Crippen molar-refractivity contribution in [3.05, 3.63) is 62.6 Å². The van der Waals surface area contributed by atoms with E-state index in [1.165, 1.54) is 22.6 Å². The van der Waals surface area contributed by atoms with E-state index in [-0.39, 0.29) is 17.3 Å². The smallest absolute Gasteiger partial charge is 0.276 e. The van der Waals surface area contributed by atoms with Crippen LogP contribution in [0.4, 0.5) is 8.78 Å². The third-order valence-corrected chi connectivity index (χ3v) is 5.67. The van der Waals surface area contributed by atoms with E-state index >= 15 is 0 Å². The predicted molar refractivity (Wildman–Crippen MR) is 105 cm³/mol. The first-order valence-electron chi connectivity index (χ1n) is 9.88. The number of amides is 2. The fourth-order valence-electron chi connectivity index (χ4n) is 4.13. The molecule has 3 heterocycles. The highest BCUT2D eigenvalue weighted by Crippen LogP contribution is 2.36. The molecule has 8 nitrogen and oxygen atoms in total. The molecule has 1 aromatic carbocycles. The van der Waals surface area contributed by atoms with Gasteiger partial charge in [0.15, 0.2) is 17.7 Å². The zero-order valence-corrected chi connectivity index (χ0v) is 16.9. The molecule has 1 fully saturated rings. The quantitative estimate of drug-likeness (QED) is 0.766. The summed E-state index contributed by atoms with van der Waals surface area (Å²) in [5, 5.41) is 12.8. The maximum atomic E-state index is 14.0. The van der Waals surface area contributed by atoms with E-state index in [1.54, 1.807) is 6.92 Å². The molecule has 2 aromatic rings. The average molecular weight is 433 g/mol. The minimum atomic E-state index is -1.03. The number of fused-ring (bicyclic) bond motifs is 3. The number of aromatic hydroxyl groups is 1. The SMILES string of the molecule is CCN1C(=O)c2c(O)c(=O)c(C(=O)NCc3c(F)cc(C)cc3F)cn2[C@H]2CCO[C@H]21. The van der Waals surface area contributed by atoms with Crippen molar-refractivity contribution in [2.24, 2.45) is 0 Å². The highest BCUT2D eigenvalue weighted by molar-refractivity contribution is 5.99. The lowest BCUT2D eigenvalue weighted by molar-refractivity contribution is -0.0328. The van der Waals surface area contributed by atoms with Crippen molar-refractivity contribution in [3.8, 4) is 5.75 Å². The summed E-state index contributed by atoms with van der Waals surface area (Å²) >= 11 is 0. The summed E-state index contributed by atoms with van der Waals surface area (Å²) in [6, 6.07) is 1.89. The molecule has 2 atom stereocenters. The minimum absolute atomic E-state index is 0.203. The molecule has 2 aliphatic heterocycles. The first kappa shape index (κ1) is 21.0. The van der Waals surface area contributed by atoms with Crippen molar-refractivity contribution in [3.63, 3.8) is 0 Å². The number of pyridine rings is 1. The molecule has 0 bridgehead atoms. The van der Waals surface area contributed by atoms with Gasteiger partial charge in [-0.3, -0.25) is 14.4 Å². The maximum Gasteiger partial charge on any atom is 0.276 e. The third kappa shape index (κ3) is 3.36. The van der Waals surface area contributed by atoms with Crippen LogP contribution >= 0.6 is 0 Å². The van der Waals surface area contributed by atoms with Crippen LogP contribution in [0, 0.1) is 18.6 Å². The van der Waals surface area contributed by atoms with Gasteiger partial charge in [-0.25, -0.2) is 8.78 Å². The van der Waals surface area contributed by atoms with Crippen LogP contribution in [0.5, 0.6) is 5.75 Å². The lowest BCUT2D eigenvalue weighted by Crippen LogP contribution is -2.50. The molecule has 1 aromatic heterocycles. The van der Waals surface area contributed by atoms with Gasteiger partial charge >= 0.3 is 0 Å². The molecule has 4 rings (SSSR count). The van der Waals surface area contributed by atoms with Crippen molar-refractivity contribution >= 4 is 11.8 Å². The number of benzene rings is 1. The van der Waals surface area contributed by atoms with E-state index in [1.807, 2.05) is 0 Å². The number of halogens is 2. The lowest BCUT2D eigenvalue weighted by atomic mass is 10.0. The Bertz CT molecular complexity index is 1120. The first-order chi connectivity index (χ1) is 14.7. The van der Waals surface area contributed by atoms with Crippen molar-refractivity contribution < 1.29 is 28.2 Å². The predicted octanol–water partition coefficient (Wildman–Crippen LogP) is 1.83. The molecule has 0 saturated carbocycles. The van der Waals surface area contributed by atoms with Gasteiger partial charge in [0.1, 0.15) is 17.2 Å². The summed E-state index contributed by atoms with van der Waals surface area (Å²) < 4.78 is 35.1. The molecule has 0 spiro atoms. The molecule has 0 unspecified atom stereocenters. The second-order valence-electron chi connectivity index (χ2n) is 7.57. The highest BCUT2D eigenvalue weighted by Gasteiger charge is 2.44. The van der Waals surface area contributed by atoms with Gasteiger partial charge in [-0.2, -0.15) is 0 Å². The molecule has 31 heavy (non-hydrogen) atoms. The summed E-state index contributed by atoms with van der Waals surface area (Å²) in [6.07, 6.45) is 1.15. The fourth-order valence-corrected chi connectivity index (χ4v) is 4.13. The van der Waals surface area contributed by atoms with Crippen molar-refractivity contribution in [2.45, 2.75) is 39.1 Å². The zero-order valence-electron chi connectivity index (χ0n) is 16.9. The Morgan fingerprint density at radius 2 is 1.97 bits per heavy atom. The molecule has 0 radical (unpaired) electrons. The van der Waals surface area contributed by atoms with E-state index in [4.69, 9.17) is 4.74 Å². The summed E-state index contributed by atoms with van der Waals surface area (Å²) in [7, 11) is 0. The van der Waals surface area contributed by atoms with Crippen LogP contribution in [0.25, 0.3) is 0 Å². The number of nitrogens with one attached hydrogen (secondary N) is 1. The number of hydrogen-bond acceptors (Lipinski definition) is 5. The number of carbonyl (C=O) groups excluding carboxylic acids is 2. The van der Waals surface area contributed by atoms with E-state index < -0.39 is 53.0 Å². The molecule has 0 aliphatic carbocycles. The Balaban J connectivity index is 1.69. The monoisotopic (exact) mass is 433 g/mol. The fraction of sp³-hybridized carbons (Fsp3) is 0.381. The summed E-state index contributed by atoms with van der Waals surface area (Å²) in [5.74, 6) is -3.97. The first-order valence-corrected chi connectivity index (χ1v) is 9.88. The normalized spacial score (nSPS) is 19.9. The standard InChI is InChI=1S/C21H21F2N3O5/c1-3-25-20(30)16-18(28)17(27)12(9-26(16)15-4-5-31-21(15)25)19(29)24-8-11-13(22)6-10(2)7-14(11)23/h6-7,9,15,21,28H,3-5,8H2,1-2H3,(H,24,29)/t15-,21+/m0/s1. The Kier molecular flexibility index (Phi) is 5.26. The average Bonchev–Trinajstić information content (AvgIpc) is 3.19. The molecular formula is C21H21F2N3O5. The maximum absolute atomic E-state index is 14.0. The van der Waals surface area contributed by atoms with Gasteiger partial charge in [-0.05, 0) is 38.0 Å². The van der Waals surface area contributed by atoms with Gasteiger partial charge < -0.3 is 24.6 Å². The molecular weight excluding hydrogens is 412 g/mol. The van der Waals surface area contributed by atoms with E-state index in [0.29, 0.717) is 25.1 Å². The molecule has 1 saturated heterocycles. The van der Waals surface area contributed by atoms with Gasteiger partial charge in [-0.1, -0.05) is 0 Å². The van der Waals surface area contributed by atoms with E-state index in [9.17, 15) is 28.3 Å². The van der Waals surface area contributed by atoms with Crippen LogP contribution in [0.1, 0.15) is 51.4 Å². The van der Waals surface area contributed by atoms with Gasteiger partial charge in [0.05, 0.1) is 12.6 Å². The second kappa shape index (κ2) is 7.77. The topological polar surface area (TPSA) is 101 Å². The highest BCUT2D eigenvalue weighted by atomic mass is 19.1. The van der Waals surface area contributed by atoms with Crippen molar-refractivity contribution in [1.82, 2.24) is 14.8 Å². The Morgan fingerprint density at radius 3 is 2.61 bits per heavy atom. The summed E-state index contributed by atoms with van der Waals surface area (Å²) in [5.41, 5.74) is -1.62. The Morgan fingerprint density at radius 1 is 1.29 bits per heavy atom. The molecule has 2 aliphatic rings. The number of aromatic nitrogens is 1. The number of carbonyl (C=O) groups is 2. The third-order valence-electron chi connectivity index (χ3n) is 5.67. The van der Waals surface area contributed by atoms with Crippen molar-refractivity contribution in [1.29, 1.82) is 0 Å². The van der Waals surface area contributed by atoms with Crippen LogP contribution in [-0.2, 0) is 11.3 Å². The van der Waals surface area contributed by atoms with Gasteiger partial charge in [0.25, 0.3) is 11.8 Å². The van der Waals surface area contributed by atoms with Crippen LogP contribution in [0.15, 0.2) is 23.1 Å². The van der Waals surface area contributed by atoms with Gasteiger partial charge in [0, 0.05) is 24.8 Å². The van der Waals surface area contributed by atoms with Crippen LogP contribution in [0.2, 0.25) is 0 Å². The van der Waals surface area contributed by atoms with Crippen LogP contribution in [0.3, 0.4) is 0 Å². The molecule has 10 heteroatoms.